The Bertz CT molecular complexity index is 1110. The second-order valence-electron chi connectivity index (χ2n) is 7.89. The standard InChI is InChI=1S/C25H28N4O4/c1-3-33-25(31)24-21-17-28(23(30)12-9-19-6-4-5-14-26-19)15-13-22(21)29(27-24)16-18-7-10-20(32-2)11-8-18/h4-8,10-11,14H,3,9,12-13,15-17H2,1-2H3. The Morgan fingerprint density at radius 2 is 1.94 bits per heavy atom. The predicted molar refractivity (Wildman–Crippen MR) is 122 cm³/mol. The number of benzene rings is 1. The highest BCUT2D eigenvalue weighted by molar-refractivity contribution is 5.89. The molecule has 0 radical (unpaired) electrons. The molecule has 0 bridgehead atoms. The molecule has 0 saturated carbocycles. The van der Waals surface area contributed by atoms with Crippen molar-refractivity contribution in [3.05, 3.63) is 76.9 Å². The fraction of sp³-hybridized carbons (Fsp3) is 0.360. The lowest BCUT2D eigenvalue weighted by Crippen LogP contribution is -2.37. The van der Waals surface area contributed by atoms with Crippen LogP contribution in [0.25, 0.3) is 0 Å². The first-order valence-corrected chi connectivity index (χ1v) is 11.1. The molecular weight excluding hydrogens is 420 g/mol. The highest BCUT2D eigenvalue weighted by Gasteiger charge is 2.30. The van der Waals surface area contributed by atoms with E-state index in [2.05, 4.69) is 10.1 Å². The molecule has 0 aliphatic carbocycles. The Labute approximate surface area is 193 Å². The van der Waals surface area contributed by atoms with Crippen molar-refractivity contribution in [2.45, 2.75) is 39.3 Å². The van der Waals surface area contributed by atoms with E-state index in [4.69, 9.17) is 9.47 Å². The van der Waals surface area contributed by atoms with Crippen LogP contribution in [-0.4, -0.2) is 51.8 Å². The third-order valence-corrected chi connectivity index (χ3v) is 5.77. The first kappa shape index (κ1) is 22.5. The van der Waals surface area contributed by atoms with Gasteiger partial charge < -0.3 is 14.4 Å². The third-order valence-electron chi connectivity index (χ3n) is 5.77. The SMILES string of the molecule is CCOC(=O)c1nn(Cc2ccc(OC)cc2)c2c1CN(C(=O)CCc1ccccn1)CC2. The first-order valence-electron chi connectivity index (χ1n) is 11.1. The van der Waals surface area contributed by atoms with E-state index >= 15 is 0 Å². The summed E-state index contributed by atoms with van der Waals surface area (Å²) in [6, 6.07) is 13.5. The molecule has 0 N–H and O–H groups in total. The average molecular weight is 449 g/mol. The van der Waals surface area contributed by atoms with Gasteiger partial charge in [-0.3, -0.25) is 14.5 Å². The van der Waals surface area contributed by atoms with Gasteiger partial charge in [0.2, 0.25) is 5.91 Å². The van der Waals surface area contributed by atoms with Crippen molar-refractivity contribution in [1.29, 1.82) is 0 Å². The molecule has 1 aromatic carbocycles. The molecular formula is C25H28N4O4. The lowest BCUT2D eigenvalue weighted by atomic mass is 10.0. The number of aromatic nitrogens is 3. The normalized spacial score (nSPS) is 12.8. The maximum Gasteiger partial charge on any atom is 0.359 e. The number of esters is 1. The number of nitrogens with zero attached hydrogens (tertiary/aromatic N) is 4. The number of hydrogen-bond acceptors (Lipinski definition) is 6. The molecule has 0 unspecified atom stereocenters. The number of carbonyl (C=O) groups is 2. The van der Waals surface area contributed by atoms with Gasteiger partial charge in [-0.2, -0.15) is 5.10 Å². The van der Waals surface area contributed by atoms with Gasteiger partial charge in [0.15, 0.2) is 5.69 Å². The topological polar surface area (TPSA) is 86.5 Å². The summed E-state index contributed by atoms with van der Waals surface area (Å²) in [4.78, 5) is 31.6. The Morgan fingerprint density at radius 3 is 2.64 bits per heavy atom. The molecule has 0 spiro atoms. The predicted octanol–water partition coefficient (Wildman–Crippen LogP) is 3.03. The molecule has 8 heteroatoms. The van der Waals surface area contributed by atoms with Crippen molar-refractivity contribution in [3.63, 3.8) is 0 Å². The first-order chi connectivity index (χ1) is 16.1. The van der Waals surface area contributed by atoms with Gasteiger partial charge in [-0.25, -0.2) is 4.79 Å². The van der Waals surface area contributed by atoms with Gasteiger partial charge in [-0.1, -0.05) is 18.2 Å². The molecule has 4 rings (SSSR count). The quantitative estimate of drug-likeness (QED) is 0.493. The van der Waals surface area contributed by atoms with Crippen LogP contribution in [0.3, 0.4) is 0 Å². The molecule has 3 aromatic rings. The van der Waals surface area contributed by atoms with Gasteiger partial charge >= 0.3 is 5.97 Å². The van der Waals surface area contributed by atoms with Crippen molar-refractivity contribution in [1.82, 2.24) is 19.7 Å². The number of pyridine rings is 1. The monoisotopic (exact) mass is 448 g/mol. The van der Waals surface area contributed by atoms with Crippen LogP contribution in [0.5, 0.6) is 5.75 Å². The van der Waals surface area contributed by atoms with Crippen molar-refractivity contribution < 1.29 is 19.1 Å². The molecule has 2 aromatic heterocycles. The minimum atomic E-state index is -0.454. The van der Waals surface area contributed by atoms with E-state index in [1.54, 1.807) is 25.1 Å². The van der Waals surface area contributed by atoms with Crippen LogP contribution in [0.2, 0.25) is 0 Å². The number of hydrogen-bond donors (Lipinski definition) is 0. The van der Waals surface area contributed by atoms with Crippen molar-refractivity contribution in [2.24, 2.45) is 0 Å². The molecule has 0 saturated heterocycles. The van der Waals surface area contributed by atoms with Crippen LogP contribution in [0.1, 0.15) is 46.3 Å². The van der Waals surface area contributed by atoms with Crippen molar-refractivity contribution in [3.8, 4) is 5.75 Å². The largest absolute Gasteiger partial charge is 0.497 e. The van der Waals surface area contributed by atoms with Crippen molar-refractivity contribution in [2.75, 3.05) is 20.3 Å². The summed E-state index contributed by atoms with van der Waals surface area (Å²) in [6.45, 7) is 3.51. The number of fused-ring (bicyclic) bond motifs is 1. The summed E-state index contributed by atoms with van der Waals surface area (Å²) >= 11 is 0. The third kappa shape index (κ3) is 5.22. The van der Waals surface area contributed by atoms with Crippen LogP contribution < -0.4 is 4.74 Å². The van der Waals surface area contributed by atoms with Crippen molar-refractivity contribution >= 4 is 11.9 Å². The molecule has 3 heterocycles. The maximum absolute atomic E-state index is 12.9. The molecule has 0 fully saturated rings. The Kier molecular flexibility index (Phi) is 7.02. The lowest BCUT2D eigenvalue weighted by Gasteiger charge is -2.28. The number of carbonyl (C=O) groups excluding carboxylic acids is 2. The van der Waals surface area contributed by atoms with E-state index in [0.717, 1.165) is 28.3 Å². The summed E-state index contributed by atoms with van der Waals surface area (Å²) in [5.74, 6) is 0.377. The zero-order valence-corrected chi connectivity index (χ0v) is 19.0. The number of aryl methyl sites for hydroxylation is 1. The van der Waals surface area contributed by atoms with Crippen LogP contribution in [0.4, 0.5) is 0 Å². The van der Waals surface area contributed by atoms with Gasteiger partial charge in [0.05, 0.1) is 20.3 Å². The van der Waals surface area contributed by atoms with Crippen LogP contribution in [-0.2, 0) is 35.5 Å². The Morgan fingerprint density at radius 1 is 1.12 bits per heavy atom. The molecule has 1 amide bonds. The van der Waals surface area contributed by atoms with E-state index in [1.165, 1.54) is 0 Å². The fourth-order valence-electron chi connectivity index (χ4n) is 4.04. The Balaban J connectivity index is 1.53. The van der Waals surface area contributed by atoms with Crippen LogP contribution in [0, 0.1) is 0 Å². The molecule has 8 nitrogen and oxygen atoms in total. The second kappa shape index (κ2) is 10.3. The molecule has 1 aliphatic heterocycles. The summed E-state index contributed by atoms with van der Waals surface area (Å²) in [5.41, 5.74) is 3.98. The highest BCUT2D eigenvalue weighted by Crippen LogP contribution is 2.25. The number of rotatable bonds is 8. The average Bonchev–Trinajstić information content (AvgIpc) is 3.21. The van der Waals surface area contributed by atoms with E-state index in [-0.39, 0.29) is 12.5 Å². The van der Waals surface area contributed by atoms with Gasteiger partial charge in [0, 0.05) is 49.1 Å². The minimum absolute atomic E-state index is 0.0454. The molecule has 1 aliphatic rings. The van der Waals surface area contributed by atoms with Crippen LogP contribution in [0.15, 0.2) is 48.7 Å². The summed E-state index contributed by atoms with van der Waals surface area (Å²) in [6.07, 6.45) is 3.33. The van der Waals surface area contributed by atoms with Gasteiger partial charge in [-0.05, 0) is 43.2 Å². The molecule has 172 valence electrons. The number of ether oxygens (including phenoxy) is 2. The summed E-state index contributed by atoms with van der Waals surface area (Å²) < 4.78 is 12.3. The summed E-state index contributed by atoms with van der Waals surface area (Å²) in [5, 5.41) is 4.60. The number of methoxy groups -OCH3 is 1. The smallest absolute Gasteiger partial charge is 0.359 e. The van der Waals surface area contributed by atoms with Gasteiger partial charge in [0.1, 0.15) is 5.75 Å². The summed E-state index contributed by atoms with van der Waals surface area (Å²) in [7, 11) is 1.63. The zero-order valence-electron chi connectivity index (χ0n) is 19.0. The van der Waals surface area contributed by atoms with Gasteiger partial charge in [0.25, 0.3) is 0 Å². The maximum atomic E-state index is 12.9. The number of amides is 1. The van der Waals surface area contributed by atoms with E-state index < -0.39 is 5.97 Å². The molecule has 0 atom stereocenters. The zero-order chi connectivity index (χ0) is 23.2. The van der Waals surface area contributed by atoms with Crippen LogP contribution >= 0.6 is 0 Å². The van der Waals surface area contributed by atoms with E-state index in [1.807, 2.05) is 47.1 Å². The Hall–Kier alpha value is -3.68. The van der Waals surface area contributed by atoms with E-state index in [9.17, 15) is 9.59 Å². The highest BCUT2D eigenvalue weighted by atomic mass is 16.5. The minimum Gasteiger partial charge on any atom is -0.497 e. The van der Waals surface area contributed by atoms with Gasteiger partial charge in [-0.15, -0.1) is 0 Å². The second-order valence-corrected chi connectivity index (χ2v) is 7.89. The molecule has 33 heavy (non-hydrogen) atoms. The van der Waals surface area contributed by atoms with E-state index in [0.29, 0.717) is 44.6 Å². The fourth-order valence-corrected chi connectivity index (χ4v) is 4.04. The lowest BCUT2D eigenvalue weighted by molar-refractivity contribution is -0.132.